The predicted molar refractivity (Wildman–Crippen MR) is 72.5 cm³/mol. The summed E-state index contributed by atoms with van der Waals surface area (Å²) in [4.78, 5) is 12.3. The highest BCUT2D eigenvalue weighted by molar-refractivity contribution is 7.80. The van der Waals surface area contributed by atoms with E-state index in [1.54, 1.807) is 0 Å². The van der Waals surface area contributed by atoms with Crippen molar-refractivity contribution in [3.05, 3.63) is 29.6 Å². The molecule has 0 aliphatic heterocycles. The molecular formula is C14H18FNOS. The van der Waals surface area contributed by atoms with E-state index in [4.69, 9.17) is 0 Å². The van der Waals surface area contributed by atoms with Gasteiger partial charge in [-0.15, -0.1) is 12.6 Å². The average Bonchev–Trinajstić information content (AvgIpc) is 2.65. The molecule has 1 aromatic carbocycles. The highest BCUT2D eigenvalue weighted by atomic mass is 32.1. The molecule has 98 valence electrons. The summed E-state index contributed by atoms with van der Waals surface area (Å²) in [6, 6.07) is 4.34. The lowest BCUT2D eigenvalue weighted by atomic mass is 10.0. The second-order valence-electron chi connectivity index (χ2n) is 6.02. The normalized spacial score (nSPS) is 20.6. The molecule has 1 aliphatic rings. The van der Waals surface area contributed by atoms with Crippen LogP contribution in [0.3, 0.4) is 0 Å². The molecule has 0 saturated heterocycles. The fourth-order valence-corrected chi connectivity index (χ4v) is 2.64. The molecule has 0 spiro atoms. The molecule has 0 unspecified atom stereocenters. The van der Waals surface area contributed by atoms with Crippen LogP contribution in [0.4, 0.5) is 4.39 Å². The molecule has 0 aromatic heterocycles. The molecule has 0 radical (unpaired) electrons. The second-order valence-corrected chi connectivity index (χ2v) is 6.50. The maximum Gasteiger partial charge on any atom is 0.251 e. The van der Waals surface area contributed by atoms with Crippen LogP contribution in [0, 0.1) is 16.6 Å². The van der Waals surface area contributed by atoms with Gasteiger partial charge in [0.15, 0.2) is 0 Å². The van der Waals surface area contributed by atoms with Crippen LogP contribution in [-0.2, 0) is 0 Å². The van der Waals surface area contributed by atoms with Gasteiger partial charge in [0, 0.05) is 16.5 Å². The quantitative estimate of drug-likeness (QED) is 0.791. The van der Waals surface area contributed by atoms with Gasteiger partial charge in [0.25, 0.3) is 5.91 Å². The molecule has 18 heavy (non-hydrogen) atoms. The number of hydrogen-bond acceptors (Lipinski definition) is 2. The summed E-state index contributed by atoms with van der Waals surface area (Å²) in [6.07, 6.45) is 0. The second kappa shape index (κ2) is 3.98. The Kier molecular flexibility index (Phi) is 2.97. The Hall–Kier alpha value is -1.03. The van der Waals surface area contributed by atoms with Gasteiger partial charge in [0.2, 0.25) is 0 Å². The van der Waals surface area contributed by atoms with Crippen molar-refractivity contribution in [3.8, 4) is 0 Å². The first kappa shape index (κ1) is 13.4. The number of carbonyl (C=O) groups is 1. The van der Waals surface area contributed by atoms with E-state index in [0.29, 0.717) is 5.56 Å². The van der Waals surface area contributed by atoms with Crippen LogP contribution in [-0.4, -0.2) is 11.9 Å². The van der Waals surface area contributed by atoms with E-state index in [1.807, 2.05) is 0 Å². The summed E-state index contributed by atoms with van der Waals surface area (Å²) in [5.74, 6) is -0.587. The number of benzene rings is 1. The zero-order valence-corrected chi connectivity index (χ0v) is 11.9. The minimum atomic E-state index is -0.415. The zero-order chi connectivity index (χ0) is 13.7. The number of rotatable bonds is 2. The van der Waals surface area contributed by atoms with Crippen molar-refractivity contribution in [2.24, 2.45) is 10.8 Å². The van der Waals surface area contributed by atoms with Gasteiger partial charge in [0.1, 0.15) is 5.82 Å². The Balaban J connectivity index is 2.12. The van der Waals surface area contributed by atoms with Crippen molar-refractivity contribution in [1.82, 2.24) is 5.32 Å². The molecule has 1 N–H and O–H groups in total. The fraction of sp³-hybridized carbons (Fsp3) is 0.500. The van der Waals surface area contributed by atoms with Crippen molar-refractivity contribution in [2.45, 2.75) is 38.6 Å². The van der Waals surface area contributed by atoms with Crippen molar-refractivity contribution in [2.75, 3.05) is 0 Å². The topological polar surface area (TPSA) is 29.1 Å². The van der Waals surface area contributed by atoms with Gasteiger partial charge < -0.3 is 5.32 Å². The summed E-state index contributed by atoms with van der Waals surface area (Å²) < 4.78 is 13.1. The SMILES string of the molecule is CC1(C)C(NC(=O)c2ccc(F)c(S)c2)C1(C)C. The van der Waals surface area contributed by atoms with Crippen molar-refractivity contribution >= 4 is 18.5 Å². The molecule has 2 nitrogen and oxygen atoms in total. The van der Waals surface area contributed by atoms with Crippen molar-refractivity contribution in [3.63, 3.8) is 0 Å². The van der Waals surface area contributed by atoms with Gasteiger partial charge in [0.05, 0.1) is 0 Å². The fourth-order valence-electron chi connectivity index (χ4n) is 2.43. The van der Waals surface area contributed by atoms with E-state index in [2.05, 4.69) is 45.6 Å². The molecule has 1 aliphatic carbocycles. The lowest BCUT2D eigenvalue weighted by Crippen LogP contribution is -2.29. The van der Waals surface area contributed by atoms with Crippen LogP contribution in [0.2, 0.25) is 0 Å². The lowest BCUT2D eigenvalue weighted by Gasteiger charge is -2.07. The Labute approximate surface area is 112 Å². The van der Waals surface area contributed by atoms with Crippen LogP contribution < -0.4 is 5.32 Å². The van der Waals surface area contributed by atoms with Gasteiger partial charge >= 0.3 is 0 Å². The number of carbonyl (C=O) groups excluding carboxylic acids is 1. The summed E-state index contributed by atoms with van der Waals surface area (Å²) in [5, 5.41) is 3.00. The minimum absolute atomic E-state index is 0.0898. The Morgan fingerprint density at radius 3 is 2.28 bits per heavy atom. The Morgan fingerprint density at radius 2 is 1.83 bits per heavy atom. The van der Waals surface area contributed by atoms with Crippen LogP contribution in [0.5, 0.6) is 0 Å². The molecule has 1 amide bonds. The number of nitrogens with one attached hydrogen (secondary N) is 1. The lowest BCUT2D eigenvalue weighted by molar-refractivity contribution is 0.0943. The standard InChI is InChI=1S/C14H18FNOS/c1-13(2)12(14(13,3)4)16-11(17)8-5-6-9(15)10(18)7-8/h5-7,12,18H,1-4H3,(H,16,17). The number of hydrogen-bond donors (Lipinski definition) is 2. The summed E-state index contributed by atoms with van der Waals surface area (Å²) in [6.45, 7) is 8.53. The van der Waals surface area contributed by atoms with E-state index in [1.165, 1.54) is 18.2 Å². The van der Waals surface area contributed by atoms with Crippen LogP contribution in [0.15, 0.2) is 23.1 Å². The van der Waals surface area contributed by atoms with Crippen molar-refractivity contribution in [1.29, 1.82) is 0 Å². The van der Waals surface area contributed by atoms with Crippen LogP contribution in [0.25, 0.3) is 0 Å². The number of thiol groups is 1. The van der Waals surface area contributed by atoms with E-state index >= 15 is 0 Å². The molecule has 0 bridgehead atoms. The monoisotopic (exact) mass is 267 g/mol. The van der Waals surface area contributed by atoms with E-state index < -0.39 is 5.82 Å². The molecule has 0 heterocycles. The summed E-state index contributed by atoms with van der Waals surface area (Å²) >= 11 is 3.98. The number of halogens is 1. The molecule has 1 aromatic rings. The third-order valence-electron chi connectivity index (χ3n) is 4.50. The van der Waals surface area contributed by atoms with Gasteiger partial charge in [-0.2, -0.15) is 0 Å². The Morgan fingerprint density at radius 1 is 1.28 bits per heavy atom. The third kappa shape index (κ3) is 1.92. The zero-order valence-electron chi connectivity index (χ0n) is 11.0. The van der Waals surface area contributed by atoms with Gasteiger partial charge in [-0.1, -0.05) is 27.7 Å². The molecule has 1 fully saturated rings. The molecular weight excluding hydrogens is 249 g/mol. The van der Waals surface area contributed by atoms with E-state index in [9.17, 15) is 9.18 Å². The first-order valence-electron chi connectivity index (χ1n) is 5.97. The Bertz CT molecular complexity index is 497. The summed E-state index contributed by atoms with van der Waals surface area (Å²) in [7, 11) is 0. The maximum absolute atomic E-state index is 13.1. The molecule has 0 atom stereocenters. The predicted octanol–water partition coefficient (Wildman–Crippen LogP) is 3.28. The smallest absolute Gasteiger partial charge is 0.251 e. The van der Waals surface area contributed by atoms with Crippen molar-refractivity contribution < 1.29 is 9.18 Å². The van der Waals surface area contributed by atoms with Gasteiger partial charge in [-0.25, -0.2) is 4.39 Å². The van der Waals surface area contributed by atoms with Gasteiger partial charge in [-0.3, -0.25) is 4.79 Å². The molecule has 4 heteroatoms. The van der Waals surface area contributed by atoms with E-state index in [-0.39, 0.29) is 27.7 Å². The number of amides is 1. The largest absolute Gasteiger partial charge is 0.348 e. The first-order valence-corrected chi connectivity index (χ1v) is 6.42. The highest BCUT2D eigenvalue weighted by Gasteiger charge is 2.65. The van der Waals surface area contributed by atoms with E-state index in [0.717, 1.165) is 0 Å². The van der Waals surface area contributed by atoms with Gasteiger partial charge in [-0.05, 0) is 29.0 Å². The highest BCUT2D eigenvalue weighted by Crippen LogP contribution is 2.62. The average molecular weight is 267 g/mol. The van der Waals surface area contributed by atoms with Crippen LogP contribution in [0.1, 0.15) is 38.1 Å². The molecule has 1 saturated carbocycles. The third-order valence-corrected chi connectivity index (χ3v) is 4.85. The first-order chi connectivity index (χ1) is 8.18. The summed E-state index contributed by atoms with van der Waals surface area (Å²) in [5.41, 5.74) is 0.624. The molecule has 2 rings (SSSR count). The van der Waals surface area contributed by atoms with Crippen LogP contribution >= 0.6 is 12.6 Å². The maximum atomic E-state index is 13.1. The minimum Gasteiger partial charge on any atom is -0.348 e.